The lowest BCUT2D eigenvalue weighted by Gasteiger charge is -2.18. The van der Waals surface area contributed by atoms with Gasteiger partial charge in [-0.3, -0.25) is 4.79 Å². The van der Waals surface area contributed by atoms with Crippen LogP contribution < -0.4 is 10.6 Å². The minimum Gasteiger partial charge on any atom is -0.345 e. The van der Waals surface area contributed by atoms with Crippen LogP contribution >= 0.6 is 11.3 Å². The minimum absolute atomic E-state index is 0.000673. The molecule has 1 aliphatic heterocycles. The van der Waals surface area contributed by atoms with E-state index in [0.717, 1.165) is 25.1 Å². The first kappa shape index (κ1) is 13.3. The van der Waals surface area contributed by atoms with Gasteiger partial charge in [0.15, 0.2) is 0 Å². The molecule has 2 N–H and O–H groups in total. The second kappa shape index (κ2) is 5.77. The maximum absolute atomic E-state index is 12.3. The van der Waals surface area contributed by atoms with Crippen LogP contribution in [0.3, 0.4) is 0 Å². The van der Waals surface area contributed by atoms with Crippen molar-refractivity contribution in [3.63, 3.8) is 0 Å². The molecule has 4 heteroatoms. The Kier molecular flexibility index (Phi) is 3.85. The number of nitrogens with one attached hydrogen (secondary N) is 2. The van der Waals surface area contributed by atoms with E-state index in [2.05, 4.69) is 16.7 Å². The topological polar surface area (TPSA) is 41.1 Å². The zero-order valence-corrected chi connectivity index (χ0v) is 12.3. The summed E-state index contributed by atoms with van der Waals surface area (Å²) in [7, 11) is 0. The lowest BCUT2D eigenvalue weighted by atomic mass is 9.98. The third kappa shape index (κ3) is 2.76. The van der Waals surface area contributed by atoms with E-state index >= 15 is 0 Å². The van der Waals surface area contributed by atoms with Crippen molar-refractivity contribution in [2.24, 2.45) is 0 Å². The van der Waals surface area contributed by atoms with Crippen LogP contribution in [0.4, 0.5) is 0 Å². The SMILES string of the molecule is CC(NC(=O)c1ccc2c(c1)CNCC2)c1cccs1. The quantitative estimate of drug-likeness (QED) is 0.911. The van der Waals surface area contributed by atoms with Crippen molar-refractivity contribution in [2.75, 3.05) is 6.54 Å². The highest BCUT2D eigenvalue weighted by Gasteiger charge is 2.15. The van der Waals surface area contributed by atoms with Crippen molar-refractivity contribution in [2.45, 2.75) is 25.9 Å². The van der Waals surface area contributed by atoms with E-state index in [1.807, 2.05) is 36.6 Å². The van der Waals surface area contributed by atoms with Crippen LogP contribution in [0.2, 0.25) is 0 Å². The van der Waals surface area contributed by atoms with Gasteiger partial charge >= 0.3 is 0 Å². The first-order chi connectivity index (χ1) is 9.74. The van der Waals surface area contributed by atoms with Gasteiger partial charge in [0.05, 0.1) is 6.04 Å². The van der Waals surface area contributed by atoms with Gasteiger partial charge in [-0.15, -0.1) is 11.3 Å². The Morgan fingerprint density at radius 3 is 3.05 bits per heavy atom. The first-order valence-electron chi connectivity index (χ1n) is 6.91. The summed E-state index contributed by atoms with van der Waals surface area (Å²) in [6.45, 7) is 3.90. The molecule has 1 aliphatic rings. The minimum atomic E-state index is -0.000673. The molecule has 1 unspecified atom stereocenters. The number of hydrogen-bond acceptors (Lipinski definition) is 3. The second-order valence-electron chi connectivity index (χ2n) is 5.12. The Morgan fingerprint density at radius 1 is 1.35 bits per heavy atom. The summed E-state index contributed by atoms with van der Waals surface area (Å²) in [5.74, 6) is -0.000673. The summed E-state index contributed by atoms with van der Waals surface area (Å²) in [6.07, 6.45) is 1.04. The maximum atomic E-state index is 12.3. The molecule has 1 aromatic heterocycles. The average molecular weight is 286 g/mol. The molecular weight excluding hydrogens is 268 g/mol. The fraction of sp³-hybridized carbons (Fsp3) is 0.312. The molecule has 0 aliphatic carbocycles. The maximum Gasteiger partial charge on any atom is 0.251 e. The molecule has 2 heterocycles. The molecule has 20 heavy (non-hydrogen) atoms. The van der Waals surface area contributed by atoms with Crippen LogP contribution in [-0.4, -0.2) is 12.5 Å². The van der Waals surface area contributed by atoms with E-state index in [1.165, 1.54) is 16.0 Å². The Hall–Kier alpha value is -1.65. The number of carbonyl (C=O) groups excluding carboxylic acids is 1. The molecule has 1 amide bonds. The molecule has 3 rings (SSSR count). The lowest BCUT2D eigenvalue weighted by molar-refractivity contribution is 0.0940. The van der Waals surface area contributed by atoms with Gasteiger partial charge in [-0.2, -0.15) is 0 Å². The highest BCUT2D eigenvalue weighted by Crippen LogP contribution is 2.20. The first-order valence-corrected chi connectivity index (χ1v) is 7.79. The monoisotopic (exact) mass is 286 g/mol. The van der Waals surface area contributed by atoms with E-state index < -0.39 is 0 Å². The standard InChI is InChI=1S/C16H18N2OS/c1-11(15-3-2-8-20-15)18-16(19)13-5-4-12-6-7-17-10-14(12)9-13/h2-5,8-9,11,17H,6-7,10H2,1H3,(H,18,19). The van der Waals surface area contributed by atoms with Crippen LogP contribution in [0.25, 0.3) is 0 Å². The van der Waals surface area contributed by atoms with Gasteiger partial charge in [-0.05, 0) is 54.6 Å². The zero-order chi connectivity index (χ0) is 13.9. The molecule has 104 valence electrons. The molecule has 0 spiro atoms. The molecular formula is C16H18N2OS. The molecule has 3 nitrogen and oxygen atoms in total. The third-order valence-electron chi connectivity index (χ3n) is 3.67. The Bertz CT molecular complexity index is 607. The van der Waals surface area contributed by atoms with Crippen LogP contribution in [0.15, 0.2) is 35.7 Å². The number of carbonyl (C=O) groups is 1. The summed E-state index contributed by atoms with van der Waals surface area (Å²) in [5.41, 5.74) is 3.34. The molecule has 1 aromatic carbocycles. The van der Waals surface area contributed by atoms with E-state index in [9.17, 15) is 4.79 Å². The van der Waals surface area contributed by atoms with Crippen molar-refractivity contribution < 1.29 is 4.79 Å². The smallest absolute Gasteiger partial charge is 0.251 e. The van der Waals surface area contributed by atoms with Gasteiger partial charge in [0.1, 0.15) is 0 Å². The third-order valence-corrected chi connectivity index (χ3v) is 4.73. The molecule has 0 saturated carbocycles. The van der Waals surface area contributed by atoms with Crippen molar-refractivity contribution in [3.05, 3.63) is 57.3 Å². The van der Waals surface area contributed by atoms with Gasteiger partial charge in [0.25, 0.3) is 5.91 Å². The highest BCUT2D eigenvalue weighted by atomic mass is 32.1. The van der Waals surface area contributed by atoms with Gasteiger partial charge in [-0.25, -0.2) is 0 Å². The molecule has 2 aromatic rings. The van der Waals surface area contributed by atoms with E-state index in [4.69, 9.17) is 0 Å². The van der Waals surface area contributed by atoms with Gasteiger partial charge < -0.3 is 10.6 Å². The number of fused-ring (bicyclic) bond motifs is 1. The predicted octanol–water partition coefficient (Wildman–Crippen LogP) is 2.88. The Labute approximate surface area is 123 Å². The van der Waals surface area contributed by atoms with Crippen LogP contribution in [0, 0.1) is 0 Å². The normalized spacial score (nSPS) is 15.4. The highest BCUT2D eigenvalue weighted by molar-refractivity contribution is 7.10. The average Bonchev–Trinajstić information content (AvgIpc) is 3.01. The number of amides is 1. The van der Waals surface area contributed by atoms with Crippen LogP contribution in [-0.2, 0) is 13.0 Å². The summed E-state index contributed by atoms with van der Waals surface area (Å²) in [5, 5.41) is 8.43. The van der Waals surface area contributed by atoms with Gasteiger partial charge in [0.2, 0.25) is 0 Å². The fourth-order valence-corrected chi connectivity index (χ4v) is 3.24. The molecule has 0 saturated heterocycles. The number of rotatable bonds is 3. The second-order valence-corrected chi connectivity index (χ2v) is 6.10. The van der Waals surface area contributed by atoms with Crippen molar-refractivity contribution in [3.8, 4) is 0 Å². The predicted molar refractivity (Wildman–Crippen MR) is 82.1 cm³/mol. The fourth-order valence-electron chi connectivity index (χ4n) is 2.51. The van der Waals surface area contributed by atoms with Crippen LogP contribution in [0.5, 0.6) is 0 Å². The molecule has 0 bridgehead atoms. The number of hydrogen-bond donors (Lipinski definition) is 2. The zero-order valence-electron chi connectivity index (χ0n) is 11.5. The lowest BCUT2D eigenvalue weighted by Crippen LogP contribution is -2.27. The summed E-state index contributed by atoms with van der Waals surface area (Å²) < 4.78 is 0. The summed E-state index contributed by atoms with van der Waals surface area (Å²) in [6, 6.07) is 10.1. The van der Waals surface area contributed by atoms with Gasteiger partial charge in [-0.1, -0.05) is 12.1 Å². The summed E-state index contributed by atoms with van der Waals surface area (Å²) >= 11 is 1.67. The molecule has 0 fully saturated rings. The van der Waals surface area contributed by atoms with E-state index in [1.54, 1.807) is 11.3 Å². The van der Waals surface area contributed by atoms with Crippen molar-refractivity contribution in [1.82, 2.24) is 10.6 Å². The number of thiophene rings is 1. The van der Waals surface area contributed by atoms with E-state index in [0.29, 0.717) is 0 Å². The molecule has 1 atom stereocenters. The van der Waals surface area contributed by atoms with Gasteiger partial charge in [0, 0.05) is 17.0 Å². The van der Waals surface area contributed by atoms with E-state index in [-0.39, 0.29) is 11.9 Å². The largest absolute Gasteiger partial charge is 0.345 e. The Morgan fingerprint density at radius 2 is 2.25 bits per heavy atom. The van der Waals surface area contributed by atoms with Crippen molar-refractivity contribution in [1.29, 1.82) is 0 Å². The van der Waals surface area contributed by atoms with Crippen molar-refractivity contribution >= 4 is 17.2 Å². The number of benzene rings is 1. The van der Waals surface area contributed by atoms with Crippen LogP contribution in [0.1, 0.15) is 39.3 Å². The molecule has 0 radical (unpaired) electrons. The Balaban J connectivity index is 1.74. The summed E-state index contributed by atoms with van der Waals surface area (Å²) in [4.78, 5) is 13.5.